The highest BCUT2D eigenvalue weighted by molar-refractivity contribution is 7.08. The molecule has 88 valence electrons. The van der Waals surface area contributed by atoms with Gasteiger partial charge in [0.25, 0.3) is 5.91 Å². The van der Waals surface area contributed by atoms with Crippen LogP contribution in [-0.2, 0) is 4.74 Å². The predicted molar refractivity (Wildman–Crippen MR) is 63.9 cm³/mol. The van der Waals surface area contributed by atoms with Crippen LogP contribution in [0.3, 0.4) is 0 Å². The molecule has 0 spiro atoms. The first-order valence-electron chi connectivity index (χ1n) is 5.47. The Balaban J connectivity index is 1.66. The van der Waals surface area contributed by atoms with Gasteiger partial charge in [-0.25, -0.2) is 0 Å². The lowest BCUT2D eigenvalue weighted by Gasteiger charge is -2.26. The van der Waals surface area contributed by atoms with E-state index >= 15 is 0 Å². The largest absolute Gasteiger partial charge is 0.379 e. The van der Waals surface area contributed by atoms with Gasteiger partial charge in [0.1, 0.15) is 0 Å². The zero-order valence-electron chi connectivity index (χ0n) is 9.15. The van der Waals surface area contributed by atoms with Gasteiger partial charge in [0.2, 0.25) is 0 Å². The van der Waals surface area contributed by atoms with Crippen molar-refractivity contribution in [3.05, 3.63) is 22.4 Å². The zero-order valence-corrected chi connectivity index (χ0v) is 9.96. The maximum Gasteiger partial charge on any atom is 0.252 e. The predicted octanol–water partition coefficient (Wildman–Crippen LogP) is 0.810. The number of thiophene rings is 1. The highest BCUT2D eigenvalue weighted by atomic mass is 32.1. The number of nitrogens with zero attached hydrogens (tertiary/aromatic N) is 1. The summed E-state index contributed by atoms with van der Waals surface area (Å²) in [5.74, 6) is 0.0227. The van der Waals surface area contributed by atoms with Crippen LogP contribution in [0, 0.1) is 0 Å². The van der Waals surface area contributed by atoms with E-state index in [4.69, 9.17) is 4.74 Å². The smallest absolute Gasteiger partial charge is 0.252 e. The number of amides is 1. The van der Waals surface area contributed by atoms with E-state index < -0.39 is 0 Å². The third-order valence-corrected chi connectivity index (χ3v) is 3.28. The van der Waals surface area contributed by atoms with Crippen LogP contribution in [0.1, 0.15) is 10.4 Å². The average Bonchev–Trinajstić information content (AvgIpc) is 2.84. The normalized spacial score (nSPS) is 17.2. The van der Waals surface area contributed by atoms with Gasteiger partial charge in [-0.3, -0.25) is 9.69 Å². The first-order chi connectivity index (χ1) is 7.86. The van der Waals surface area contributed by atoms with Gasteiger partial charge in [0, 0.05) is 37.1 Å². The van der Waals surface area contributed by atoms with E-state index in [2.05, 4.69) is 10.2 Å². The SMILES string of the molecule is O=C(NCCN1CCOCC1)c1ccsc1. The van der Waals surface area contributed by atoms with Crippen LogP contribution in [0.5, 0.6) is 0 Å². The quantitative estimate of drug-likeness (QED) is 0.847. The molecule has 1 aliphatic rings. The summed E-state index contributed by atoms with van der Waals surface area (Å²) in [4.78, 5) is 13.9. The van der Waals surface area contributed by atoms with Crippen LogP contribution >= 0.6 is 11.3 Å². The van der Waals surface area contributed by atoms with Gasteiger partial charge in [0.05, 0.1) is 13.2 Å². The van der Waals surface area contributed by atoms with Crippen molar-refractivity contribution < 1.29 is 9.53 Å². The lowest BCUT2D eigenvalue weighted by Crippen LogP contribution is -2.41. The Morgan fingerprint density at radius 2 is 2.31 bits per heavy atom. The Morgan fingerprint density at radius 3 is 3.00 bits per heavy atom. The molecular weight excluding hydrogens is 224 g/mol. The van der Waals surface area contributed by atoms with Crippen molar-refractivity contribution in [3.63, 3.8) is 0 Å². The van der Waals surface area contributed by atoms with Crippen LogP contribution < -0.4 is 5.32 Å². The number of hydrogen-bond acceptors (Lipinski definition) is 4. The molecule has 1 N–H and O–H groups in total. The molecule has 0 atom stereocenters. The standard InChI is InChI=1S/C11H16N2O2S/c14-11(10-1-8-16-9-10)12-2-3-13-4-6-15-7-5-13/h1,8-9H,2-7H2,(H,12,14). The molecule has 16 heavy (non-hydrogen) atoms. The van der Waals surface area contributed by atoms with Crippen molar-refractivity contribution in [2.24, 2.45) is 0 Å². The fourth-order valence-corrected chi connectivity index (χ4v) is 2.28. The van der Waals surface area contributed by atoms with Crippen LogP contribution in [0.25, 0.3) is 0 Å². The summed E-state index contributed by atoms with van der Waals surface area (Å²) in [5.41, 5.74) is 0.756. The Bertz CT molecular complexity index is 321. The van der Waals surface area contributed by atoms with E-state index in [1.807, 2.05) is 16.8 Å². The van der Waals surface area contributed by atoms with E-state index in [9.17, 15) is 4.79 Å². The number of ether oxygens (including phenoxy) is 1. The molecule has 2 rings (SSSR count). The van der Waals surface area contributed by atoms with Gasteiger partial charge >= 0.3 is 0 Å². The summed E-state index contributed by atoms with van der Waals surface area (Å²) in [6.45, 7) is 5.15. The van der Waals surface area contributed by atoms with E-state index in [-0.39, 0.29) is 5.91 Å². The highest BCUT2D eigenvalue weighted by Gasteiger charge is 2.10. The molecule has 0 unspecified atom stereocenters. The molecule has 0 aliphatic carbocycles. The molecule has 1 aromatic rings. The van der Waals surface area contributed by atoms with Gasteiger partial charge in [-0.05, 0) is 11.4 Å². The monoisotopic (exact) mass is 240 g/mol. The van der Waals surface area contributed by atoms with Crippen molar-refractivity contribution in [3.8, 4) is 0 Å². The van der Waals surface area contributed by atoms with Gasteiger partial charge in [-0.15, -0.1) is 0 Å². The first-order valence-corrected chi connectivity index (χ1v) is 6.41. The minimum absolute atomic E-state index is 0.0227. The van der Waals surface area contributed by atoms with Crippen LogP contribution in [0.4, 0.5) is 0 Å². The number of hydrogen-bond donors (Lipinski definition) is 1. The van der Waals surface area contributed by atoms with Crippen LogP contribution in [0.2, 0.25) is 0 Å². The lowest BCUT2D eigenvalue weighted by molar-refractivity contribution is 0.0383. The van der Waals surface area contributed by atoms with Gasteiger partial charge in [0.15, 0.2) is 0 Å². The molecule has 1 amide bonds. The van der Waals surface area contributed by atoms with Gasteiger partial charge in [-0.2, -0.15) is 11.3 Å². The van der Waals surface area contributed by atoms with Gasteiger partial charge in [-0.1, -0.05) is 0 Å². The molecule has 2 heterocycles. The number of nitrogens with one attached hydrogen (secondary N) is 1. The Hall–Kier alpha value is -0.910. The van der Waals surface area contributed by atoms with Crippen molar-refractivity contribution in [2.45, 2.75) is 0 Å². The average molecular weight is 240 g/mol. The molecular formula is C11H16N2O2S. The molecule has 0 aromatic carbocycles. The fourth-order valence-electron chi connectivity index (χ4n) is 1.65. The van der Waals surface area contributed by atoms with E-state index in [0.29, 0.717) is 6.54 Å². The Morgan fingerprint density at radius 1 is 1.50 bits per heavy atom. The minimum atomic E-state index is 0.0227. The first kappa shape index (κ1) is 11.6. The Labute approximate surface area is 99.2 Å². The number of carbonyl (C=O) groups is 1. The summed E-state index contributed by atoms with van der Waals surface area (Å²) < 4.78 is 5.26. The highest BCUT2D eigenvalue weighted by Crippen LogP contribution is 2.05. The fraction of sp³-hybridized carbons (Fsp3) is 0.545. The van der Waals surface area contributed by atoms with Gasteiger partial charge < -0.3 is 10.1 Å². The van der Waals surface area contributed by atoms with E-state index in [1.54, 1.807) is 11.3 Å². The number of carbonyl (C=O) groups excluding carboxylic acids is 1. The second kappa shape index (κ2) is 5.98. The molecule has 1 fully saturated rings. The topological polar surface area (TPSA) is 41.6 Å². The third-order valence-electron chi connectivity index (χ3n) is 2.60. The maximum absolute atomic E-state index is 11.6. The molecule has 4 nitrogen and oxygen atoms in total. The lowest BCUT2D eigenvalue weighted by atomic mass is 10.3. The third kappa shape index (κ3) is 3.30. The maximum atomic E-state index is 11.6. The van der Waals surface area contributed by atoms with E-state index in [0.717, 1.165) is 38.4 Å². The van der Waals surface area contributed by atoms with E-state index in [1.165, 1.54) is 0 Å². The molecule has 1 aliphatic heterocycles. The summed E-state index contributed by atoms with van der Waals surface area (Å²) in [5, 5.41) is 6.70. The zero-order chi connectivity index (χ0) is 11.2. The van der Waals surface area contributed by atoms with Crippen molar-refractivity contribution in [1.29, 1.82) is 0 Å². The Kier molecular flexibility index (Phi) is 4.33. The second-order valence-corrected chi connectivity index (χ2v) is 4.50. The summed E-state index contributed by atoms with van der Waals surface area (Å²) in [6, 6.07) is 1.84. The van der Waals surface area contributed by atoms with Crippen molar-refractivity contribution in [1.82, 2.24) is 10.2 Å². The summed E-state index contributed by atoms with van der Waals surface area (Å²) in [7, 11) is 0. The molecule has 1 saturated heterocycles. The number of rotatable bonds is 4. The minimum Gasteiger partial charge on any atom is -0.379 e. The molecule has 1 aromatic heterocycles. The molecule has 5 heteroatoms. The van der Waals surface area contributed by atoms with Crippen molar-refractivity contribution in [2.75, 3.05) is 39.4 Å². The number of morpholine rings is 1. The van der Waals surface area contributed by atoms with Crippen LogP contribution in [0.15, 0.2) is 16.8 Å². The summed E-state index contributed by atoms with van der Waals surface area (Å²) in [6.07, 6.45) is 0. The second-order valence-electron chi connectivity index (χ2n) is 3.72. The van der Waals surface area contributed by atoms with Crippen LogP contribution in [-0.4, -0.2) is 50.2 Å². The molecule has 0 bridgehead atoms. The van der Waals surface area contributed by atoms with Crippen molar-refractivity contribution >= 4 is 17.2 Å². The summed E-state index contributed by atoms with van der Waals surface area (Å²) >= 11 is 1.54. The molecule has 0 saturated carbocycles. The molecule has 0 radical (unpaired) electrons.